The van der Waals surface area contributed by atoms with E-state index in [2.05, 4.69) is 5.32 Å². The number of ether oxygens (including phenoxy) is 2. The second-order valence-electron chi connectivity index (χ2n) is 6.59. The first-order valence-corrected chi connectivity index (χ1v) is 8.33. The number of carbonyl (C=O) groups is 1. The molecule has 0 bridgehead atoms. The molecule has 2 aromatic rings. The van der Waals surface area contributed by atoms with Crippen LogP contribution in [-0.2, 0) is 9.47 Å². The van der Waals surface area contributed by atoms with E-state index in [1.165, 1.54) is 0 Å². The number of hydrogen-bond acceptors (Lipinski definition) is 4. The monoisotopic (exact) mass is 327 g/mol. The largest absolute Gasteiger partial charge is 0.506 e. The molecule has 1 heterocycles. The Bertz CT molecular complexity index is 775. The summed E-state index contributed by atoms with van der Waals surface area (Å²) in [5.74, 6) is 0.313. The molecule has 4 rings (SSSR count). The van der Waals surface area contributed by atoms with Crippen LogP contribution in [0.3, 0.4) is 0 Å². The van der Waals surface area contributed by atoms with Crippen molar-refractivity contribution in [1.82, 2.24) is 5.32 Å². The van der Waals surface area contributed by atoms with E-state index >= 15 is 0 Å². The number of aromatic hydroxyl groups is 1. The Balaban J connectivity index is 1.57. The maximum absolute atomic E-state index is 12.7. The average molecular weight is 327 g/mol. The highest BCUT2D eigenvalue weighted by Crippen LogP contribution is 2.44. The van der Waals surface area contributed by atoms with Crippen LogP contribution in [0.1, 0.15) is 16.8 Å². The van der Waals surface area contributed by atoms with Gasteiger partial charge in [-0.15, -0.1) is 0 Å². The van der Waals surface area contributed by atoms with Gasteiger partial charge in [-0.05, 0) is 17.9 Å². The zero-order chi connectivity index (χ0) is 16.7. The molecule has 1 aliphatic heterocycles. The molecule has 0 unspecified atom stereocenters. The number of phenolic OH excluding ortho intramolecular Hbond substituents is 1. The van der Waals surface area contributed by atoms with E-state index in [-0.39, 0.29) is 29.7 Å². The number of amides is 1. The maximum Gasteiger partial charge on any atom is 0.255 e. The van der Waals surface area contributed by atoms with Crippen molar-refractivity contribution in [3.63, 3.8) is 0 Å². The number of fused-ring (bicyclic) bond motifs is 2. The molecule has 0 radical (unpaired) electrons. The number of nitrogens with one attached hydrogen (secondary N) is 1. The van der Waals surface area contributed by atoms with Gasteiger partial charge in [0.15, 0.2) is 0 Å². The molecule has 4 atom stereocenters. The Labute approximate surface area is 140 Å². The van der Waals surface area contributed by atoms with Crippen molar-refractivity contribution in [2.24, 2.45) is 11.8 Å². The quantitative estimate of drug-likeness (QED) is 0.904. The molecule has 5 nitrogen and oxygen atoms in total. The topological polar surface area (TPSA) is 67.8 Å². The van der Waals surface area contributed by atoms with Crippen LogP contribution >= 0.6 is 0 Å². The fourth-order valence-electron chi connectivity index (χ4n) is 4.10. The molecule has 2 aromatic carbocycles. The van der Waals surface area contributed by atoms with Gasteiger partial charge in [0.25, 0.3) is 5.91 Å². The Morgan fingerprint density at radius 1 is 1.33 bits per heavy atom. The van der Waals surface area contributed by atoms with Crippen LogP contribution in [0.2, 0.25) is 0 Å². The first-order valence-electron chi connectivity index (χ1n) is 8.33. The first-order chi connectivity index (χ1) is 11.7. The third-order valence-corrected chi connectivity index (χ3v) is 5.33. The molecule has 24 heavy (non-hydrogen) atoms. The third kappa shape index (κ3) is 2.36. The van der Waals surface area contributed by atoms with Gasteiger partial charge in [-0.2, -0.15) is 0 Å². The summed E-state index contributed by atoms with van der Waals surface area (Å²) in [5.41, 5.74) is 0.312. The SMILES string of the molecule is COC[C@@H]1[C@H](NC(=O)c2ccc3ccccc3c2O)[C@@H]2CCO[C@H]12. The van der Waals surface area contributed by atoms with Crippen molar-refractivity contribution in [1.29, 1.82) is 0 Å². The average Bonchev–Trinajstić information content (AvgIpc) is 3.02. The van der Waals surface area contributed by atoms with E-state index in [1.54, 1.807) is 13.2 Å². The highest BCUT2D eigenvalue weighted by molar-refractivity contribution is 6.03. The van der Waals surface area contributed by atoms with Crippen molar-refractivity contribution in [3.8, 4) is 5.75 Å². The Morgan fingerprint density at radius 3 is 3.00 bits per heavy atom. The summed E-state index contributed by atoms with van der Waals surface area (Å²) in [7, 11) is 1.66. The van der Waals surface area contributed by atoms with E-state index in [1.807, 2.05) is 30.3 Å². The minimum absolute atomic E-state index is 0.0347. The molecule has 1 amide bonds. The van der Waals surface area contributed by atoms with Crippen LogP contribution in [0, 0.1) is 11.8 Å². The molecular weight excluding hydrogens is 306 g/mol. The van der Waals surface area contributed by atoms with Gasteiger partial charge in [0.2, 0.25) is 0 Å². The first kappa shape index (κ1) is 15.4. The smallest absolute Gasteiger partial charge is 0.255 e. The molecule has 0 aromatic heterocycles. The van der Waals surface area contributed by atoms with Crippen molar-refractivity contribution in [2.75, 3.05) is 20.3 Å². The van der Waals surface area contributed by atoms with Gasteiger partial charge in [-0.25, -0.2) is 0 Å². The zero-order valence-electron chi connectivity index (χ0n) is 13.6. The van der Waals surface area contributed by atoms with Gasteiger partial charge < -0.3 is 19.9 Å². The molecule has 2 aliphatic rings. The number of methoxy groups -OCH3 is 1. The van der Waals surface area contributed by atoms with Crippen LogP contribution in [-0.4, -0.2) is 43.5 Å². The predicted octanol–water partition coefficient (Wildman–Crippen LogP) is 2.33. The van der Waals surface area contributed by atoms with E-state index < -0.39 is 0 Å². The van der Waals surface area contributed by atoms with Crippen LogP contribution in [0.5, 0.6) is 5.75 Å². The third-order valence-electron chi connectivity index (χ3n) is 5.33. The van der Waals surface area contributed by atoms with Gasteiger partial charge in [-0.3, -0.25) is 4.79 Å². The summed E-state index contributed by atoms with van der Waals surface area (Å²) < 4.78 is 11.0. The van der Waals surface area contributed by atoms with E-state index in [0.717, 1.165) is 18.4 Å². The van der Waals surface area contributed by atoms with Gasteiger partial charge in [0, 0.05) is 37.0 Å². The lowest BCUT2D eigenvalue weighted by molar-refractivity contribution is -0.0809. The summed E-state index contributed by atoms with van der Waals surface area (Å²) >= 11 is 0. The van der Waals surface area contributed by atoms with Crippen molar-refractivity contribution < 1.29 is 19.4 Å². The molecular formula is C19H21NO4. The molecule has 1 saturated carbocycles. The van der Waals surface area contributed by atoms with E-state index in [0.29, 0.717) is 23.5 Å². The van der Waals surface area contributed by atoms with Crippen molar-refractivity contribution >= 4 is 16.7 Å². The lowest BCUT2D eigenvalue weighted by Gasteiger charge is -2.47. The molecule has 2 fully saturated rings. The number of phenols is 1. The fraction of sp³-hybridized carbons (Fsp3) is 0.421. The minimum atomic E-state index is -0.241. The van der Waals surface area contributed by atoms with Gasteiger partial charge >= 0.3 is 0 Å². The normalized spacial score (nSPS) is 28.4. The fourth-order valence-corrected chi connectivity index (χ4v) is 4.10. The molecule has 2 N–H and O–H groups in total. The standard InChI is InChI=1S/C19H21NO4/c1-23-10-15-16(13-8-9-24-18(13)15)20-19(22)14-7-6-11-4-2-3-5-12(11)17(14)21/h2-7,13,15-16,18,21H,8-10H2,1H3,(H,20,22)/t13-,15+,16+,18-/m0/s1. The molecule has 1 saturated heterocycles. The summed E-state index contributed by atoms with van der Waals surface area (Å²) in [6, 6.07) is 11.1. The van der Waals surface area contributed by atoms with Crippen LogP contribution < -0.4 is 5.32 Å². The highest BCUT2D eigenvalue weighted by atomic mass is 16.5. The lowest BCUT2D eigenvalue weighted by atomic mass is 9.67. The van der Waals surface area contributed by atoms with Crippen molar-refractivity contribution in [2.45, 2.75) is 18.6 Å². The van der Waals surface area contributed by atoms with E-state index in [4.69, 9.17) is 9.47 Å². The summed E-state index contributed by atoms with van der Waals surface area (Å²) in [5, 5.41) is 15.2. The molecule has 0 spiro atoms. The Hall–Kier alpha value is -2.11. The summed E-state index contributed by atoms with van der Waals surface area (Å²) in [6.07, 6.45) is 1.14. The summed E-state index contributed by atoms with van der Waals surface area (Å²) in [6.45, 7) is 1.30. The summed E-state index contributed by atoms with van der Waals surface area (Å²) in [4.78, 5) is 12.7. The molecule has 5 heteroatoms. The lowest BCUT2D eigenvalue weighted by Crippen LogP contribution is -2.62. The number of benzene rings is 2. The van der Waals surface area contributed by atoms with E-state index in [9.17, 15) is 9.90 Å². The van der Waals surface area contributed by atoms with Gasteiger partial charge in [0.05, 0.1) is 18.3 Å². The van der Waals surface area contributed by atoms with Gasteiger partial charge in [0.1, 0.15) is 5.75 Å². The zero-order valence-corrected chi connectivity index (χ0v) is 13.6. The number of rotatable bonds is 4. The highest BCUT2D eigenvalue weighted by Gasteiger charge is 2.54. The second kappa shape index (κ2) is 6.07. The Morgan fingerprint density at radius 2 is 2.17 bits per heavy atom. The number of hydrogen-bond donors (Lipinski definition) is 2. The Kier molecular flexibility index (Phi) is 3.90. The number of carbonyl (C=O) groups excluding carboxylic acids is 1. The molecule has 1 aliphatic carbocycles. The van der Waals surface area contributed by atoms with Crippen LogP contribution in [0.15, 0.2) is 36.4 Å². The van der Waals surface area contributed by atoms with Crippen molar-refractivity contribution in [3.05, 3.63) is 42.0 Å². The second-order valence-corrected chi connectivity index (χ2v) is 6.59. The van der Waals surface area contributed by atoms with Crippen LogP contribution in [0.4, 0.5) is 0 Å². The predicted molar refractivity (Wildman–Crippen MR) is 90.1 cm³/mol. The van der Waals surface area contributed by atoms with Gasteiger partial charge in [-0.1, -0.05) is 30.3 Å². The maximum atomic E-state index is 12.7. The molecule has 126 valence electrons. The minimum Gasteiger partial charge on any atom is -0.506 e. The van der Waals surface area contributed by atoms with Crippen LogP contribution in [0.25, 0.3) is 10.8 Å².